The number of nitrogens with zero attached hydrogens (tertiary/aromatic N) is 3. The highest BCUT2D eigenvalue weighted by molar-refractivity contribution is 7.05. The molecule has 0 bridgehead atoms. The summed E-state index contributed by atoms with van der Waals surface area (Å²) in [5, 5.41) is 4.17. The Morgan fingerprint density at radius 3 is 2.88 bits per heavy atom. The van der Waals surface area contributed by atoms with Gasteiger partial charge in [-0.05, 0) is 29.6 Å². The van der Waals surface area contributed by atoms with Crippen molar-refractivity contribution < 1.29 is 19.1 Å². The molecule has 1 aliphatic rings. The van der Waals surface area contributed by atoms with Crippen molar-refractivity contribution in [2.75, 3.05) is 12.0 Å². The monoisotopic (exact) mass is 361 g/mol. The SMILES string of the molecule is COC(=O)C[C@H]1Oc2ccccc2N(Cc2snnc2C(C)C)C1=O. The van der Waals surface area contributed by atoms with Crippen LogP contribution in [0.5, 0.6) is 5.75 Å². The van der Waals surface area contributed by atoms with E-state index in [1.165, 1.54) is 18.6 Å². The molecule has 0 spiro atoms. The molecule has 7 nitrogen and oxygen atoms in total. The first kappa shape index (κ1) is 17.3. The highest BCUT2D eigenvalue weighted by Crippen LogP contribution is 2.36. The topological polar surface area (TPSA) is 81.6 Å². The Morgan fingerprint density at radius 2 is 2.16 bits per heavy atom. The second kappa shape index (κ2) is 7.18. The van der Waals surface area contributed by atoms with Gasteiger partial charge in [0.25, 0.3) is 5.91 Å². The van der Waals surface area contributed by atoms with Crippen LogP contribution in [0.25, 0.3) is 0 Å². The molecule has 3 rings (SSSR count). The van der Waals surface area contributed by atoms with Crippen LogP contribution >= 0.6 is 11.5 Å². The largest absolute Gasteiger partial charge is 0.478 e. The van der Waals surface area contributed by atoms with Gasteiger partial charge in [0.05, 0.1) is 36.3 Å². The fraction of sp³-hybridized carbons (Fsp3) is 0.412. The maximum atomic E-state index is 12.9. The lowest BCUT2D eigenvalue weighted by Gasteiger charge is -2.33. The third-order valence-corrected chi connectivity index (χ3v) is 4.70. The molecule has 0 aliphatic carbocycles. The van der Waals surface area contributed by atoms with Gasteiger partial charge in [0.2, 0.25) is 0 Å². The van der Waals surface area contributed by atoms with Crippen molar-refractivity contribution in [3.8, 4) is 5.75 Å². The Morgan fingerprint density at radius 1 is 1.40 bits per heavy atom. The molecule has 0 saturated heterocycles. The van der Waals surface area contributed by atoms with E-state index >= 15 is 0 Å². The number of methoxy groups -OCH3 is 1. The Kier molecular flexibility index (Phi) is 4.98. The lowest BCUT2D eigenvalue weighted by atomic mass is 10.1. The highest BCUT2D eigenvalue weighted by atomic mass is 32.1. The number of aromatic nitrogens is 2. The van der Waals surface area contributed by atoms with Gasteiger partial charge >= 0.3 is 5.97 Å². The Balaban J connectivity index is 1.93. The van der Waals surface area contributed by atoms with Crippen LogP contribution < -0.4 is 9.64 Å². The molecular formula is C17H19N3O4S. The minimum atomic E-state index is -0.897. The number of hydrogen-bond donors (Lipinski definition) is 0. The number of carbonyl (C=O) groups is 2. The summed E-state index contributed by atoms with van der Waals surface area (Å²) in [6, 6.07) is 7.28. The zero-order chi connectivity index (χ0) is 18.0. The molecule has 0 radical (unpaired) electrons. The molecule has 132 valence electrons. The molecule has 0 N–H and O–H groups in total. The Bertz CT molecular complexity index is 790. The lowest BCUT2D eigenvalue weighted by Crippen LogP contribution is -2.46. The van der Waals surface area contributed by atoms with Gasteiger partial charge in [-0.15, -0.1) is 5.10 Å². The highest BCUT2D eigenvalue weighted by Gasteiger charge is 2.36. The molecule has 1 aromatic heterocycles. The van der Waals surface area contributed by atoms with Crippen molar-refractivity contribution >= 4 is 29.1 Å². The van der Waals surface area contributed by atoms with Gasteiger partial charge in [0.15, 0.2) is 6.10 Å². The first-order valence-corrected chi connectivity index (χ1v) is 8.73. The van der Waals surface area contributed by atoms with Crippen molar-refractivity contribution in [1.82, 2.24) is 9.59 Å². The van der Waals surface area contributed by atoms with Crippen LogP contribution in [0.1, 0.15) is 36.8 Å². The molecule has 1 amide bonds. The van der Waals surface area contributed by atoms with E-state index in [9.17, 15) is 9.59 Å². The smallest absolute Gasteiger partial charge is 0.309 e. The van der Waals surface area contributed by atoms with E-state index in [1.807, 2.05) is 32.0 Å². The van der Waals surface area contributed by atoms with E-state index in [2.05, 4.69) is 14.3 Å². The maximum Gasteiger partial charge on any atom is 0.309 e. The first-order valence-electron chi connectivity index (χ1n) is 7.96. The van der Waals surface area contributed by atoms with Crippen LogP contribution in [0, 0.1) is 0 Å². The summed E-state index contributed by atoms with van der Waals surface area (Å²) < 4.78 is 14.4. The van der Waals surface area contributed by atoms with E-state index in [0.29, 0.717) is 18.0 Å². The molecule has 0 unspecified atom stereocenters. The lowest BCUT2D eigenvalue weighted by molar-refractivity contribution is -0.145. The van der Waals surface area contributed by atoms with Crippen molar-refractivity contribution in [1.29, 1.82) is 0 Å². The van der Waals surface area contributed by atoms with Gasteiger partial charge in [-0.25, -0.2) is 0 Å². The fourth-order valence-electron chi connectivity index (χ4n) is 2.71. The van der Waals surface area contributed by atoms with Crippen LogP contribution in [0.15, 0.2) is 24.3 Å². The minimum Gasteiger partial charge on any atom is -0.478 e. The van der Waals surface area contributed by atoms with E-state index in [0.717, 1.165) is 10.6 Å². The van der Waals surface area contributed by atoms with Gasteiger partial charge in [0.1, 0.15) is 5.75 Å². The van der Waals surface area contributed by atoms with Gasteiger partial charge in [0, 0.05) is 0 Å². The van der Waals surface area contributed by atoms with E-state index in [1.54, 1.807) is 11.0 Å². The number of benzene rings is 1. The molecule has 1 atom stereocenters. The molecule has 2 aromatic rings. The third kappa shape index (κ3) is 3.48. The fourth-order valence-corrected chi connectivity index (χ4v) is 3.49. The molecule has 1 aromatic carbocycles. The second-order valence-electron chi connectivity index (χ2n) is 6.01. The summed E-state index contributed by atoms with van der Waals surface area (Å²) >= 11 is 1.28. The number of rotatable bonds is 5. The van der Waals surface area contributed by atoms with Gasteiger partial charge in [-0.2, -0.15) is 0 Å². The number of ether oxygens (including phenoxy) is 2. The number of amides is 1. The van der Waals surface area contributed by atoms with E-state index in [4.69, 9.17) is 4.74 Å². The number of carbonyl (C=O) groups excluding carboxylic acids is 2. The standard InChI is InChI=1S/C17H19N3O4S/c1-10(2)16-14(25-19-18-16)9-20-11-6-4-5-7-12(11)24-13(17(20)22)8-15(21)23-3/h4-7,10,13H,8-9H2,1-3H3/t13-/m1/s1. The predicted molar refractivity (Wildman–Crippen MR) is 92.7 cm³/mol. The van der Waals surface area contributed by atoms with Crippen LogP contribution in [-0.2, 0) is 20.9 Å². The summed E-state index contributed by atoms with van der Waals surface area (Å²) in [7, 11) is 1.29. The van der Waals surface area contributed by atoms with E-state index < -0.39 is 12.1 Å². The third-order valence-electron chi connectivity index (χ3n) is 3.98. The van der Waals surface area contributed by atoms with Gasteiger partial charge in [-0.3, -0.25) is 9.59 Å². The van der Waals surface area contributed by atoms with E-state index in [-0.39, 0.29) is 18.2 Å². The first-order chi connectivity index (χ1) is 12.0. The van der Waals surface area contributed by atoms with Crippen molar-refractivity contribution in [3.05, 3.63) is 34.8 Å². The second-order valence-corrected chi connectivity index (χ2v) is 6.85. The maximum absolute atomic E-state index is 12.9. The van der Waals surface area contributed by atoms with Gasteiger partial charge in [-0.1, -0.05) is 30.5 Å². The predicted octanol–water partition coefficient (Wildman–Crippen LogP) is 2.52. The zero-order valence-electron chi connectivity index (χ0n) is 14.3. The molecule has 2 heterocycles. The minimum absolute atomic E-state index is 0.127. The van der Waals surface area contributed by atoms with Crippen LogP contribution in [0.3, 0.4) is 0 Å². The number of hydrogen-bond acceptors (Lipinski definition) is 7. The molecule has 0 fully saturated rings. The normalized spacial score (nSPS) is 16.6. The summed E-state index contributed by atoms with van der Waals surface area (Å²) in [6.07, 6.45) is -1.02. The van der Waals surface area contributed by atoms with Crippen molar-refractivity contribution in [3.63, 3.8) is 0 Å². The van der Waals surface area contributed by atoms with Crippen LogP contribution in [-0.4, -0.2) is 34.7 Å². The summed E-state index contributed by atoms with van der Waals surface area (Å²) in [4.78, 5) is 27.1. The number of esters is 1. The number of anilines is 1. The average molecular weight is 361 g/mol. The van der Waals surface area contributed by atoms with Crippen molar-refractivity contribution in [2.24, 2.45) is 0 Å². The summed E-state index contributed by atoms with van der Waals surface area (Å²) in [5.74, 6) is 0.0257. The summed E-state index contributed by atoms with van der Waals surface area (Å²) in [5.41, 5.74) is 1.56. The Hall–Kier alpha value is -2.48. The molecule has 8 heteroatoms. The van der Waals surface area contributed by atoms with Gasteiger partial charge < -0.3 is 14.4 Å². The van der Waals surface area contributed by atoms with Crippen LogP contribution in [0.2, 0.25) is 0 Å². The zero-order valence-corrected chi connectivity index (χ0v) is 15.1. The molecular weight excluding hydrogens is 342 g/mol. The number of para-hydroxylation sites is 2. The molecule has 1 aliphatic heterocycles. The number of fused-ring (bicyclic) bond motifs is 1. The Labute approximate surface area is 149 Å². The van der Waals surface area contributed by atoms with Crippen LogP contribution in [0.4, 0.5) is 5.69 Å². The molecule has 0 saturated carbocycles. The quantitative estimate of drug-likeness (QED) is 0.761. The molecule has 25 heavy (non-hydrogen) atoms. The summed E-state index contributed by atoms with van der Waals surface area (Å²) in [6.45, 7) is 4.42. The van der Waals surface area contributed by atoms with Crippen molar-refractivity contribution in [2.45, 2.75) is 38.8 Å². The average Bonchev–Trinajstić information content (AvgIpc) is 3.07.